The number of nitrogens with zero attached hydrogens (tertiary/aromatic N) is 1. The lowest BCUT2D eigenvalue weighted by molar-refractivity contribution is 0.191. The molecule has 0 fully saturated rings. The molecule has 0 saturated carbocycles. The first-order chi connectivity index (χ1) is 8.81. The summed E-state index contributed by atoms with van der Waals surface area (Å²) in [5.74, 6) is 0. The number of rotatable bonds is 5. The largest absolute Gasteiger partial charge is 0.320 e. The molecule has 2 rings (SSSR count). The Morgan fingerprint density at radius 1 is 1.28 bits per heavy atom. The summed E-state index contributed by atoms with van der Waals surface area (Å²) in [6.45, 7) is 5.89. The zero-order valence-electron chi connectivity index (χ0n) is 11.8. The third kappa shape index (κ3) is 3.56. The van der Waals surface area contributed by atoms with Crippen molar-refractivity contribution in [3.63, 3.8) is 0 Å². The molecule has 0 saturated heterocycles. The molecule has 1 heterocycles. The van der Waals surface area contributed by atoms with E-state index in [1.807, 2.05) is 7.05 Å². The first-order valence-electron chi connectivity index (χ1n) is 7.26. The second-order valence-electron chi connectivity index (χ2n) is 5.44. The van der Waals surface area contributed by atoms with Crippen molar-refractivity contribution in [1.82, 2.24) is 10.2 Å². The summed E-state index contributed by atoms with van der Waals surface area (Å²) in [6, 6.07) is 9.64. The van der Waals surface area contributed by atoms with Crippen LogP contribution >= 0.6 is 0 Å². The maximum Gasteiger partial charge on any atom is 0.0239 e. The number of benzene rings is 1. The van der Waals surface area contributed by atoms with Crippen molar-refractivity contribution in [3.8, 4) is 0 Å². The van der Waals surface area contributed by atoms with Gasteiger partial charge < -0.3 is 5.32 Å². The van der Waals surface area contributed by atoms with Crippen molar-refractivity contribution in [2.24, 2.45) is 0 Å². The van der Waals surface area contributed by atoms with E-state index in [9.17, 15) is 0 Å². The zero-order chi connectivity index (χ0) is 12.8. The van der Waals surface area contributed by atoms with Gasteiger partial charge in [0.1, 0.15) is 0 Å². The topological polar surface area (TPSA) is 15.3 Å². The highest BCUT2D eigenvalue weighted by molar-refractivity contribution is 5.28. The van der Waals surface area contributed by atoms with Crippen LogP contribution in [0.25, 0.3) is 0 Å². The summed E-state index contributed by atoms with van der Waals surface area (Å²) < 4.78 is 0. The Morgan fingerprint density at radius 3 is 2.83 bits per heavy atom. The third-order valence-corrected chi connectivity index (χ3v) is 4.06. The second-order valence-corrected chi connectivity index (χ2v) is 5.44. The van der Waals surface area contributed by atoms with E-state index in [1.54, 1.807) is 5.56 Å². The van der Waals surface area contributed by atoms with Gasteiger partial charge >= 0.3 is 0 Å². The van der Waals surface area contributed by atoms with Gasteiger partial charge in [0.15, 0.2) is 0 Å². The Hall–Kier alpha value is -0.860. The fraction of sp³-hybridized carbons (Fsp3) is 0.625. The van der Waals surface area contributed by atoms with Gasteiger partial charge in [0.25, 0.3) is 0 Å². The van der Waals surface area contributed by atoms with Crippen molar-refractivity contribution in [2.75, 3.05) is 20.1 Å². The molecule has 0 bridgehead atoms. The molecule has 1 unspecified atom stereocenters. The molecule has 1 aliphatic rings. The van der Waals surface area contributed by atoms with Crippen LogP contribution in [0.1, 0.15) is 37.3 Å². The van der Waals surface area contributed by atoms with Crippen LogP contribution in [0.3, 0.4) is 0 Å². The van der Waals surface area contributed by atoms with Crippen molar-refractivity contribution < 1.29 is 0 Å². The highest BCUT2D eigenvalue weighted by atomic mass is 15.1. The molecule has 100 valence electrons. The molecule has 2 nitrogen and oxygen atoms in total. The monoisotopic (exact) mass is 246 g/mol. The fourth-order valence-corrected chi connectivity index (χ4v) is 2.86. The van der Waals surface area contributed by atoms with Gasteiger partial charge in [0, 0.05) is 12.6 Å². The summed E-state index contributed by atoms with van der Waals surface area (Å²) in [6.07, 6.45) is 5.11. The van der Waals surface area contributed by atoms with Crippen molar-refractivity contribution in [2.45, 2.75) is 45.2 Å². The summed E-state index contributed by atoms with van der Waals surface area (Å²) in [7, 11) is 2.03. The molecular weight excluding hydrogens is 220 g/mol. The van der Waals surface area contributed by atoms with Gasteiger partial charge in [0.2, 0.25) is 0 Å². The third-order valence-electron chi connectivity index (χ3n) is 4.06. The number of hydrogen-bond donors (Lipinski definition) is 1. The quantitative estimate of drug-likeness (QED) is 0.804. The molecule has 1 atom stereocenters. The molecule has 1 N–H and O–H groups in total. The zero-order valence-corrected chi connectivity index (χ0v) is 11.8. The summed E-state index contributed by atoms with van der Waals surface area (Å²) in [5.41, 5.74) is 3.10. The van der Waals surface area contributed by atoms with E-state index < -0.39 is 0 Å². The first-order valence-corrected chi connectivity index (χ1v) is 7.26. The summed E-state index contributed by atoms with van der Waals surface area (Å²) in [5, 5.41) is 3.24. The number of fused-ring (bicyclic) bond motifs is 1. The van der Waals surface area contributed by atoms with Gasteiger partial charge in [-0.1, -0.05) is 24.3 Å². The van der Waals surface area contributed by atoms with Crippen LogP contribution in [0.15, 0.2) is 24.3 Å². The Bertz CT molecular complexity index is 362. The lowest BCUT2D eigenvalue weighted by Gasteiger charge is -2.28. The van der Waals surface area contributed by atoms with Crippen LogP contribution in [0.5, 0.6) is 0 Å². The molecule has 0 spiro atoms. The lowest BCUT2D eigenvalue weighted by atomic mass is 10.0. The van der Waals surface area contributed by atoms with Crippen LogP contribution in [0, 0.1) is 0 Å². The minimum atomic E-state index is 0.699. The van der Waals surface area contributed by atoms with E-state index in [0.29, 0.717) is 6.04 Å². The molecule has 0 aromatic heterocycles. The Kier molecular flexibility index (Phi) is 5.21. The van der Waals surface area contributed by atoms with Crippen molar-refractivity contribution in [3.05, 3.63) is 35.4 Å². The standard InChI is InChI=1S/C16H26N2/c1-14(7-5-11-17-2)18-12-6-10-15-8-3-4-9-16(15)13-18/h3-4,8-9,14,17H,5-7,10-13H2,1-2H3. The maximum absolute atomic E-state index is 3.24. The minimum absolute atomic E-state index is 0.699. The summed E-state index contributed by atoms with van der Waals surface area (Å²) in [4.78, 5) is 2.65. The fourth-order valence-electron chi connectivity index (χ4n) is 2.86. The Balaban J connectivity index is 1.94. The Labute approximate surface area is 111 Å². The van der Waals surface area contributed by atoms with Crippen LogP contribution < -0.4 is 5.32 Å². The molecule has 0 aliphatic carbocycles. The SMILES string of the molecule is CNCCCC(C)N1CCCc2ccccc2C1. The molecule has 0 radical (unpaired) electrons. The normalized spacial score (nSPS) is 18.1. The highest BCUT2D eigenvalue weighted by Gasteiger charge is 2.18. The molecular formula is C16H26N2. The van der Waals surface area contributed by atoms with Gasteiger partial charge in [-0.05, 0) is 63.9 Å². The maximum atomic E-state index is 3.24. The lowest BCUT2D eigenvalue weighted by Crippen LogP contribution is -2.33. The van der Waals surface area contributed by atoms with Crippen LogP contribution in [-0.2, 0) is 13.0 Å². The number of hydrogen-bond acceptors (Lipinski definition) is 2. The van der Waals surface area contributed by atoms with E-state index in [4.69, 9.17) is 0 Å². The van der Waals surface area contributed by atoms with Gasteiger partial charge in [-0.3, -0.25) is 4.90 Å². The summed E-state index contributed by atoms with van der Waals surface area (Å²) >= 11 is 0. The highest BCUT2D eigenvalue weighted by Crippen LogP contribution is 2.21. The van der Waals surface area contributed by atoms with Gasteiger partial charge in [-0.25, -0.2) is 0 Å². The predicted molar refractivity (Wildman–Crippen MR) is 77.8 cm³/mol. The minimum Gasteiger partial charge on any atom is -0.320 e. The van der Waals surface area contributed by atoms with E-state index in [2.05, 4.69) is 41.4 Å². The smallest absolute Gasteiger partial charge is 0.0239 e. The Morgan fingerprint density at radius 2 is 2.06 bits per heavy atom. The van der Waals surface area contributed by atoms with Crippen molar-refractivity contribution >= 4 is 0 Å². The molecule has 1 aromatic rings. The average Bonchev–Trinajstić information content (AvgIpc) is 2.61. The van der Waals surface area contributed by atoms with E-state index in [1.165, 1.54) is 37.8 Å². The van der Waals surface area contributed by atoms with Crippen LogP contribution in [0.2, 0.25) is 0 Å². The van der Waals surface area contributed by atoms with E-state index in [0.717, 1.165) is 13.1 Å². The van der Waals surface area contributed by atoms with E-state index >= 15 is 0 Å². The number of aryl methyl sites for hydroxylation is 1. The molecule has 2 heteroatoms. The molecule has 18 heavy (non-hydrogen) atoms. The molecule has 1 aromatic carbocycles. The van der Waals surface area contributed by atoms with E-state index in [-0.39, 0.29) is 0 Å². The van der Waals surface area contributed by atoms with Crippen LogP contribution in [0.4, 0.5) is 0 Å². The number of nitrogens with one attached hydrogen (secondary N) is 1. The van der Waals surface area contributed by atoms with Crippen LogP contribution in [-0.4, -0.2) is 31.1 Å². The molecule has 1 aliphatic heterocycles. The van der Waals surface area contributed by atoms with Crippen molar-refractivity contribution in [1.29, 1.82) is 0 Å². The average molecular weight is 246 g/mol. The first kappa shape index (κ1) is 13.6. The molecule has 0 amide bonds. The van der Waals surface area contributed by atoms with Gasteiger partial charge in [-0.2, -0.15) is 0 Å². The van der Waals surface area contributed by atoms with Gasteiger partial charge in [0.05, 0.1) is 0 Å². The van der Waals surface area contributed by atoms with Gasteiger partial charge in [-0.15, -0.1) is 0 Å². The predicted octanol–water partition coefficient (Wildman–Crippen LogP) is 2.82. The second kappa shape index (κ2) is 6.91.